The zero-order chi connectivity index (χ0) is 20.5. The van der Waals surface area contributed by atoms with Crippen LogP contribution in [0.2, 0.25) is 0 Å². The molecule has 0 saturated heterocycles. The summed E-state index contributed by atoms with van der Waals surface area (Å²) in [6.07, 6.45) is 1.71. The zero-order valence-corrected chi connectivity index (χ0v) is 16.9. The van der Waals surface area contributed by atoms with E-state index in [1.807, 2.05) is 24.3 Å². The van der Waals surface area contributed by atoms with Gasteiger partial charge in [0.05, 0.1) is 11.1 Å². The molecule has 0 saturated carbocycles. The Morgan fingerprint density at radius 3 is 2.80 bits per heavy atom. The maximum atomic E-state index is 5.48. The summed E-state index contributed by atoms with van der Waals surface area (Å²) in [4.78, 5) is 9.41. The predicted molar refractivity (Wildman–Crippen MR) is 114 cm³/mol. The fourth-order valence-electron chi connectivity index (χ4n) is 3.52. The van der Waals surface area contributed by atoms with Crippen LogP contribution in [0.15, 0.2) is 47.0 Å². The van der Waals surface area contributed by atoms with Gasteiger partial charge in [0.1, 0.15) is 5.82 Å². The summed E-state index contributed by atoms with van der Waals surface area (Å²) in [6, 6.07) is 14.2. The minimum atomic E-state index is 0.264. The van der Waals surface area contributed by atoms with Crippen LogP contribution < -0.4 is 14.8 Å². The lowest BCUT2D eigenvalue weighted by Crippen LogP contribution is -2.04. The molecule has 2 aromatic carbocycles. The summed E-state index contributed by atoms with van der Waals surface area (Å²) in [5, 5.41) is 8.67. The van der Waals surface area contributed by atoms with E-state index in [0.29, 0.717) is 24.1 Å². The number of nitrogens with one attached hydrogen (secondary N) is 1. The number of fused-ring (bicyclic) bond motifs is 2. The third-order valence-electron chi connectivity index (χ3n) is 5.04. The van der Waals surface area contributed by atoms with Gasteiger partial charge in [-0.25, -0.2) is 4.98 Å². The highest BCUT2D eigenvalue weighted by molar-refractivity contribution is 5.88. The molecule has 2 aromatic heterocycles. The standard InChI is InChI=1S/C23H22N4O3/c1-3-4-21-26-23(27-30-21)17-11-16-9-14(2)5-7-18(16)25-22(17)24-12-15-6-8-19-20(10-15)29-13-28-19/h5-11H,3-4,12-13H2,1-2H3,(H,24,25). The Bertz CT molecular complexity index is 1220. The lowest BCUT2D eigenvalue weighted by atomic mass is 10.1. The number of hydrogen-bond acceptors (Lipinski definition) is 7. The van der Waals surface area contributed by atoms with Gasteiger partial charge in [-0.3, -0.25) is 0 Å². The van der Waals surface area contributed by atoms with E-state index in [4.69, 9.17) is 19.0 Å². The van der Waals surface area contributed by atoms with Gasteiger partial charge in [-0.05, 0) is 49.2 Å². The first-order valence-corrected chi connectivity index (χ1v) is 10.1. The molecule has 4 aromatic rings. The molecule has 3 heterocycles. The number of nitrogens with zero attached hydrogens (tertiary/aromatic N) is 3. The van der Waals surface area contributed by atoms with Crippen molar-refractivity contribution >= 4 is 16.7 Å². The van der Waals surface area contributed by atoms with Gasteiger partial charge in [0.15, 0.2) is 11.5 Å². The van der Waals surface area contributed by atoms with Crippen molar-refractivity contribution in [2.24, 2.45) is 0 Å². The summed E-state index contributed by atoms with van der Waals surface area (Å²) >= 11 is 0. The van der Waals surface area contributed by atoms with Crippen LogP contribution in [0.3, 0.4) is 0 Å². The van der Waals surface area contributed by atoms with Crippen LogP contribution >= 0.6 is 0 Å². The van der Waals surface area contributed by atoms with Gasteiger partial charge in [0, 0.05) is 18.4 Å². The Kier molecular flexibility index (Phi) is 4.71. The number of hydrogen-bond donors (Lipinski definition) is 1. The number of rotatable bonds is 6. The molecule has 5 rings (SSSR count). The van der Waals surface area contributed by atoms with Gasteiger partial charge in [-0.1, -0.05) is 29.8 Å². The maximum Gasteiger partial charge on any atom is 0.231 e. The molecule has 7 heteroatoms. The van der Waals surface area contributed by atoms with Crippen molar-refractivity contribution in [3.8, 4) is 22.9 Å². The summed E-state index contributed by atoms with van der Waals surface area (Å²) in [5.74, 6) is 3.43. The van der Waals surface area contributed by atoms with Gasteiger partial charge in [-0.15, -0.1) is 0 Å². The van der Waals surface area contributed by atoms with E-state index in [1.165, 1.54) is 5.56 Å². The van der Waals surface area contributed by atoms with Crippen molar-refractivity contribution in [2.45, 2.75) is 33.2 Å². The molecule has 1 aliphatic heterocycles. The molecule has 152 valence electrons. The van der Waals surface area contributed by atoms with Gasteiger partial charge < -0.3 is 19.3 Å². The van der Waals surface area contributed by atoms with E-state index in [2.05, 4.69) is 47.5 Å². The smallest absolute Gasteiger partial charge is 0.231 e. The van der Waals surface area contributed by atoms with E-state index in [-0.39, 0.29) is 6.79 Å². The Labute approximate surface area is 174 Å². The largest absolute Gasteiger partial charge is 0.454 e. The van der Waals surface area contributed by atoms with Gasteiger partial charge in [0.2, 0.25) is 18.5 Å². The van der Waals surface area contributed by atoms with Crippen molar-refractivity contribution in [3.05, 3.63) is 59.5 Å². The normalized spacial score (nSPS) is 12.5. The first-order chi connectivity index (χ1) is 14.7. The van der Waals surface area contributed by atoms with Crippen molar-refractivity contribution in [1.29, 1.82) is 0 Å². The third-order valence-corrected chi connectivity index (χ3v) is 5.04. The molecule has 7 nitrogen and oxygen atoms in total. The maximum absolute atomic E-state index is 5.48. The molecule has 0 bridgehead atoms. The lowest BCUT2D eigenvalue weighted by molar-refractivity contribution is 0.174. The van der Waals surface area contributed by atoms with Gasteiger partial charge in [0.25, 0.3) is 0 Å². The second-order valence-corrected chi connectivity index (χ2v) is 7.38. The van der Waals surface area contributed by atoms with Crippen LogP contribution in [0.4, 0.5) is 5.82 Å². The Balaban J connectivity index is 1.50. The number of anilines is 1. The van der Waals surface area contributed by atoms with Crippen LogP contribution in [0.5, 0.6) is 11.5 Å². The van der Waals surface area contributed by atoms with E-state index in [9.17, 15) is 0 Å². The highest BCUT2D eigenvalue weighted by Crippen LogP contribution is 2.33. The fourth-order valence-corrected chi connectivity index (χ4v) is 3.52. The molecular weight excluding hydrogens is 380 g/mol. The van der Waals surface area contributed by atoms with Crippen molar-refractivity contribution in [1.82, 2.24) is 15.1 Å². The number of aromatic nitrogens is 3. The molecule has 0 radical (unpaired) electrons. The van der Waals surface area contributed by atoms with E-state index in [0.717, 1.165) is 46.4 Å². The Hall–Kier alpha value is -3.61. The molecule has 0 aliphatic carbocycles. The number of aryl methyl sites for hydroxylation is 2. The lowest BCUT2D eigenvalue weighted by Gasteiger charge is -2.11. The molecule has 0 atom stereocenters. The Morgan fingerprint density at radius 1 is 1.00 bits per heavy atom. The van der Waals surface area contributed by atoms with Crippen molar-refractivity contribution in [2.75, 3.05) is 12.1 Å². The third kappa shape index (κ3) is 3.54. The van der Waals surface area contributed by atoms with Crippen LogP contribution in [0, 0.1) is 6.92 Å². The highest BCUT2D eigenvalue weighted by atomic mass is 16.7. The first kappa shape index (κ1) is 18.4. The predicted octanol–water partition coefficient (Wildman–Crippen LogP) is 4.89. The molecule has 0 amide bonds. The average molecular weight is 402 g/mol. The van der Waals surface area contributed by atoms with E-state index < -0.39 is 0 Å². The number of benzene rings is 2. The molecular formula is C23H22N4O3. The fraction of sp³-hybridized carbons (Fsp3) is 0.261. The summed E-state index contributed by atoms with van der Waals surface area (Å²) < 4.78 is 16.3. The molecule has 1 aliphatic rings. The molecule has 1 N–H and O–H groups in total. The minimum absolute atomic E-state index is 0.264. The van der Waals surface area contributed by atoms with Crippen LogP contribution in [-0.4, -0.2) is 21.9 Å². The monoisotopic (exact) mass is 402 g/mol. The van der Waals surface area contributed by atoms with E-state index in [1.54, 1.807) is 0 Å². The van der Waals surface area contributed by atoms with Crippen molar-refractivity contribution < 1.29 is 14.0 Å². The minimum Gasteiger partial charge on any atom is -0.454 e. The van der Waals surface area contributed by atoms with Crippen molar-refractivity contribution in [3.63, 3.8) is 0 Å². The summed E-state index contributed by atoms with van der Waals surface area (Å²) in [7, 11) is 0. The van der Waals surface area contributed by atoms with Crippen LogP contribution in [-0.2, 0) is 13.0 Å². The molecule has 30 heavy (non-hydrogen) atoms. The zero-order valence-electron chi connectivity index (χ0n) is 16.9. The Morgan fingerprint density at radius 2 is 1.90 bits per heavy atom. The highest BCUT2D eigenvalue weighted by Gasteiger charge is 2.17. The van der Waals surface area contributed by atoms with Gasteiger partial charge in [-0.2, -0.15) is 4.98 Å². The second kappa shape index (κ2) is 7.67. The first-order valence-electron chi connectivity index (χ1n) is 10.1. The SMILES string of the molecule is CCCc1nc(-c2cc3cc(C)ccc3nc2NCc2ccc3c(c2)OCO3)no1. The molecule has 0 unspecified atom stereocenters. The number of ether oxygens (including phenoxy) is 2. The number of pyridine rings is 1. The summed E-state index contributed by atoms with van der Waals surface area (Å²) in [5.41, 5.74) is 3.97. The molecule has 0 spiro atoms. The average Bonchev–Trinajstić information content (AvgIpc) is 3.41. The summed E-state index contributed by atoms with van der Waals surface area (Å²) in [6.45, 7) is 4.99. The van der Waals surface area contributed by atoms with Gasteiger partial charge >= 0.3 is 0 Å². The van der Waals surface area contributed by atoms with E-state index >= 15 is 0 Å². The molecule has 0 fully saturated rings. The second-order valence-electron chi connectivity index (χ2n) is 7.38. The van der Waals surface area contributed by atoms with Crippen LogP contribution in [0.25, 0.3) is 22.3 Å². The quantitative estimate of drug-likeness (QED) is 0.492. The van der Waals surface area contributed by atoms with Crippen LogP contribution in [0.1, 0.15) is 30.4 Å². The topological polar surface area (TPSA) is 82.3 Å².